The van der Waals surface area contributed by atoms with Crippen molar-refractivity contribution < 1.29 is 14.3 Å². The Morgan fingerprint density at radius 2 is 2.11 bits per heavy atom. The Bertz CT molecular complexity index is 435. The molecule has 0 N–H and O–H groups in total. The maximum Gasteiger partial charge on any atom is 0.333 e. The molecule has 0 radical (unpaired) electrons. The molecule has 104 valence electrons. The van der Waals surface area contributed by atoms with Crippen molar-refractivity contribution in [3.05, 3.63) is 41.5 Å². The van der Waals surface area contributed by atoms with Gasteiger partial charge in [0.25, 0.3) is 0 Å². The van der Waals surface area contributed by atoms with E-state index in [0.29, 0.717) is 12.0 Å². The molecule has 0 unspecified atom stereocenters. The van der Waals surface area contributed by atoms with Crippen LogP contribution in [0.15, 0.2) is 35.9 Å². The van der Waals surface area contributed by atoms with Crippen LogP contribution < -0.4 is 4.74 Å². The van der Waals surface area contributed by atoms with Gasteiger partial charge in [0.2, 0.25) is 0 Å². The van der Waals surface area contributed by atoms with Crippen molar-refractivity contribution in [2.24, 2.45) is 0 Å². The number of benzene rings is 1. The van der Waals surface area contributed by atoms with Crippen LogP contribution in [-0.4, -0.2) is 20.2 Å². The second-order valence-corrected chi connectivity index (χ2v) is 4.39. The Balaban J connectivity index is 2.81. The fourth-order valence-electron chi connectivity index (χ4n) is 1.84. The van der Waals surface area contributed by atoms with Crippen LogP contribution in [0.25, 0.3) is 0 Å². The number of unbranched alkanes of at least 4 members (excludes halogenated alkanes) is 2. The molecule has 19 heavy (non-hydrogen) atoms. The third-order valence-corrected chi connectivity index (χ3v) is 2.92. The van der Waals surface area contributed by atoms with E-state index >= 15 is 0 Å². The van der Waals surface area contributed by atoms with E-state index in [0.717, 1.165) is 30.6 Å². The van der Waals surface area contributed by atoms with Crippen LogP contribution in [0.5, 0.6) is 5.75 Å². The summed E-state index contributed by atoms with van der Waals surface area (Å²) in [6.07, 6.45) is 5.66. The second kappa shape index (κ2) is 8.35. The normalized spacial score (nSPS) is 11.2. The van der Waals surface area contributed by atoms with E-state index < -0.39 is 0 Å². The van der Waals surface area contributed by atoms with Gasteiger partial charge in [-0.25, -0.2) is 4.79 Å². The highest BCUT2D eigenvalue weighted by Crippen LogP contribution is 2.17. The molecule has 0 fully saturated rings. The van der Waals surface area contributed by atoms with Crippen molar-refractivity contribution in [2.75, 3.05) is 14.2 Å². The van der Waals surface area contributed by atoms with Gasteiger partial charge in [-0.2, -0.15) is 0 Å². The van der Waals surface area contributed by atoms with Gasteiger partial charge in [0.15, 0.2) is 0 Å². The summed E-state index contributed by atoms with van der Waals surface area (Å²) < 4.78 is 10.0. The molecule has 0 atom stereocenters. The molecule has 0 heterocycles. The number of allylic oxidation sites excluding steroid dienone is 1. The maximum absolute atomic E-state index is 11.7. The van der Waals surface area contributed by atoms with Gasteiger partial charge in [-0.3, -0.25) is 0 Å². The average Bonchev–Trinajstić information content (AvgIpc) is 2.45. The van der Waals surface area contributed by atoms with E-state index in [9.17, 15) is 4.79 Å². The van der Waals surface area contributed by atoms with Crippen molar-refractivity contribution in [3.63, 3.8) is 0 Å². The number of methoxy groups -OCH3 is 2. The van der Waals surface area contributed by atoms with Crippen LogP contribution in [0, 0.1) is 0 Å². The molecular weight excluding hydrogens is 240 g/mol. The van der Waals surface area contributed by atoms with Gasteiger partial charge < -0.3 is 9.47 Å². The molecule has 0 amide bonds. The molecule has 1 aromatic rings. The van der Waals surface area contributed by atoms with Crippen LogP contribution in [-0.2, 0) is 16.0 Å². The lowest BCUT2D eigenvalue weighted by Crippen LogP contribution is -2.07. The molecule has 0 aliphatic carbocycles. The zero-order valence-corrected chi connectivity index (χ0v) is 11.9. The first kappa shape index (κ1) is 15.3. The Morgan fingerprint density at radius 1 is 1.32 bits per heavy atom. The van der Waals surface area contributed by atoms with Gasteiger partial charge in [-0.1, -0.05) is 38.0 Å². The van der Waals surface area contributed by atoms with Gasteiger partial charge >= 0.3 is 5.97 Å². The van der Waals surface area contributed by atoms with E-state index in [2.05, 4.69) is 6.92 Å². The minimum absolute atomic E-state index is 0.251. The number of carbonyl (C=O) groups is 1. The molecule has 0 aliphatic heterocycles. The first-order chi connectivity index (χ1) is 9.21. The first-order valence-corrected chi connectivity index (χ1v) is 6.61. The molecule has 0 spiro atoms. The molecule has 0 saturated carbocycles. The van der Waals surface area contributed by atoms with Crippen molar-refractivity contribution in [3.8, 4) is 5.75 Å². The van der Waals surface area contributed by atoms with Crippen molar-refractivity contribution in [1.82, 2.24) is 0 Å². The van der Waals surface area contributed by atoms with Gasteiger partial charge in [-0.05, 0) is 24.1 Å². The van der Waals surface area contributed by atoms with Crippen LogP contribution in [0.4, 0.5) is 0 Å². The zero-order chi connectivity index (χ0) is 14.1. The molecule has 1 rings (SSSR count). The number of hydrogen-bond donors (Lipinski definition) is 0. The predicted molar refractivity (Wildman–Crippen MR) is 76.3 cm³/mol. The number of ether oxygens (including phenoxy) is 2. The maximum atomic E-state index is 11.7. The number of esters is 1. The minimum atomic E-state index is -0.251. The van der Waals surface area contributed by atoms with E-state index in [1.165, 1.54) is 7.11 Å². The topological polar surface area (TPSA) is 35.5 Å². The quantitative estimate of drug-likeness (QED) is 0.428. The largest absolute Gasteiger partial charge is 0.497 e. The van der Waals surface area contributed by atoms with Crippen LogP contribution in [0.2, 0.25) is 0 Å². The first-order valence-electron chi connectivity index (χ1n) is 6.61. The summed E-state index contributed by atoms with van der Waals surface area (Å²) in [5, 5.41) is 0. The summed E-state index contributed by atoms with van der Waals surface area (Å²) in [6.45, 7) is 2.13. The summed E-state index contributed by atoms with van der Waals surface area (Å²) in [4.78, 5) is 11.7. The van der Waals surface area contributed by atoms with Gasteiger partial charge in [-0.15, -0.1) is 0 Å². The van der Waals surface area contributed by atoms with Crippen LogP contribution in [0.1, 0.15) is 31.7 Å². The summed E-state index contributed by atoms with van der Waals surface area (Å²) in [7, 11) is 3.05. The molecule has 3 nitrogen and oxygen atoms in total. The number of carbonyl (C=O) groups excluding carboxylic acids is 1. The average molecular weight is 262 g/mol. The monoisotopic (exact) mass is 262 g/mol. The van der Waals surface area contributed by atoms with Crippen molar-refractivity contribution in [2.45, 2.75) is 32.6 Å². The Hall–Kier alpha value is -1.77. The molecule has 0 aromatic heterocycles. The SMILES string of the molecule is CCCC/C=C(\Cc1cccc(OC)c1)C(=O)OC. The Kier molecular flexibility index (Phi) is 6.72. The minimum Gasteiger partial charge on any atom is -0.497 e. The fourth-order valence-corrected chi connectivity index (χ4v) is 1.84. The smallest absolute Gasteiger partial charge is 0.333 e. The molecule has 0 saturated heterocycles. The van der Waals surface area contributed by atoms with E-state index in [4.69, 9.17) is 9.47 Å². The van der Waals surface area contributed by atoms with Crippen LogP contribution in [0.3, 0.4) is 0 Å². The van der Waals surface area contributed by atoms with Crippen molar-refractivity contribution >= 4 is 5.97 Å². The third kappa shape index (κ3) is 5.16. The lowest BCUT2D eigenvalue weighted by molar-refractivity contribution is -0.136. The van der Waals surface area contributed by atoms with Gasteiger partial charge in [0.1, 0.15) is 5.75 Å². The highest BCUT2D eigenvalue weighted by Gasteiger charge is 2.10. The molecular formula is C16H22O3. The van der Waals surface area contributed by atoms with E-state index in [1.807, 2.05) is 30.3 Å². The number of rotatable bonds is 7. The third-order valence-electron chi connectivity index (χ3n) is 2.92. The summed E-state index contributed by atoms with van der Waals surface area (Å²) in [5.41, 5.74) is 1.76. The lowest BCUT2D eigenvalue weighted by Gasteiger charge is -2.07. The van der Waals surface area contributed by atoms with Crippen LogP contribution >= 0.6 is 0 Å². The van der Waals surface area contributed by atoms with E-state index in [1.54, 1.807) is 7.11 Å². The molecule has 0 aliphatic rings. The van der Waals surface area contributed by atoms with Crippen molar-refractivity contribution in [1.29, 1.82) is 0 Å². The van der Waals surface area contributed by atoms with Gasteiger partial charge in [0, 0.05) is 12.0 Å². The number of hydrogen-bond acceptors (Lipinski definition) is 3. The lowest BCUT2D eigenvalue weighted by atomic mass is 10.0. The Labute approximate surface area is 115 Å². The predicted octanol–water partition coefficient (Wildman–Crippen LogP) is 3.53. The molecule has 3 heteroatoms. The molecule has 1 aromatic carbocycles. The zero-order valence-electron chi connectivity index (χ0n) is 11.9. The second-order valence-electron chi connectivity index (χ2n) is 4.39. The van der Waals surface area contributed by atoms with Gasteiger partial charge in [0.05, 0.1) is 14.2 Å². The summed E-state index contributed by atoms with van der Waals surface area (Å²) >= 11 is 0. The Morgan fingerprint density at radius 3 is 2.74 bits per heavy atom. The summed E-state index contributed by atoms with van der Waals surface area (Å²) in [6, 6.07) is 7.74. The van der Waals surface area contributed by atoms with E-state index in [-0.39, 0.29) is 5.97 Å². The highest BCUT2D eigenvalue weighted by molar-refractivity contribution is 5.88. The highest BCUT2D eigenvalue weighted by atomic mass is 16.5. The standard InChI is InChI=1S/C16H22O3/c1-4-5-6-9-14(16(17)19-3)11-13-8-7-10-15(12-13)18-2/h7-10,12H,4-6,11H2,1-3H3/b14-9+. The molecule has 0 bridgehead atoms. The summed E-state index contributed by atoms with van der Waals surface area (Å²) in [5.74, 6) is 0.550. The fraction of sp³-hybridized carbons (Fsp3) is 0.438.